The lowest BCUT2D eigenvalue weighted by Gasteiger charge is -2.32. The summed E-state index contributed by atoms with van der Waals surface area (Å²) >= 11 is 7.88. The zero-order valence-corrected chi connectivity index (χ0v) is 9.55. The van der Waals surface area contributed by atoms with Crippen molar-refractivity contribution in [2.24, 2.45) is 0 Å². The molecule has 1 heterocycles. The summed E-state index contributed by atoms with van der Waals surface area (Å²) in [6, 6.07) is 8.71. The van der Waals surface area contributed by atoms with Crippen LogP contribution in [0.3, 0.4) is 0 Å². The summed E-state index contributed by atoms with van der Waals surface area (Å²) in [6.45, 7) is 0. The van der Waals surface area contributed by atoms with Gasteiger partial charge in [-0.2, -0.15) is 0 Å². The van der Waals surface area contributed by atoms with Gasteiger partial charge in [-0.05, 0) is 24.3 Å². The maximum absolute atomic E-state index is 5.99. The molecule has 1 nitrogen and oxygen atoms in total. The summed E-state index contributed by atoms with van der Waals surface area (Å²) in [5.74, 6) is 0. The van der Waals surface area contributed by atoms with E-state index in [0.717, 1.165) is 5.03 Å². The quantitative estimate of drug-likeness (QED) is 0.737. The number of allylic oxidation sites excluding steroid dienone is 2. The van der Waals surface area contributed by atoms with E-state index in [2.05, 4.69) is 41.7 Å². The Morgan fingerprint density at radius 1 is 1.27 bits per heavy atom. The molecule has 1 aliphatic heterocycles. The van der Waals surface area contributed by atoms with Crippen molar-refractivity contribution in [2.45, 2.75) is 16.2 Å². The van der Waals surface area contributed by atoms with Gasteiger partial charge in [0.25, 0.3) is 0 Å². The van der Waals surface area contributed by atoms with Gasteiger partial charge in [0.05, 0.1) is 11.3 Å². The molecule has 0 spiro atoms. The molecule has 1 aliphatic carbocycles. The first-order valence-corrected chi connectivity index (χ1v) is 6.16. The maximum atomic E-state index is 5.99. The number of nitrogens with one attached hydrogen (secondary N) is 1. The summed E-state index contributed by atoms with van der Waals surface area (Å²) in [4.78, 5) is 1.31. The zero-order valence-electron chi connectivity index (χ0n) is 7.98. The highest BCUT2D eigenvalue weighted by Gasteiger charge is 2.27. The van der Waals surface area contributed by atoms with Gasteiger partial charge >= 0.3 is 0 Å². The van der Waals surface area contributed by atoms with Gasteiger partial charge in [-0.3, -0.25) is 0 Å². The second-order valence-electron chi connectivity index (χ2n) is 3.66. The predicted molar refractivity (Wildman–Crippen MR) is 66.6 cm³/mol. The van der Waals surface area contributed by atoms with Crippen LogP contribution in [0.2, 0.25) is 0 Å². The number of para-hydroxylation sites is 1. The maximum Gasteiger partial charge on any atom is 0.0619 e. The Labute approximate surface area is 98.2 Å². The Morgan fingerprint density at radius 2 is 2.13 bits per heavy atom. The Balaban J connectivity index is 1.98. The lowest BCUT2D eigenvalue weighted by Crippen LogP contribution is -2.33. The fourth-order valence-corrected chi connectivity index (χ4v) is 3.24. The number of anilines is 1. The monoisotopic (exact) mass is 235 g/mol. The van der Waals surface area contributed by atoms with Gasteiger partial charge in [0.15, 0.2) is 0 Å². The molecule has 15 heavy (non-hydrogen) atoms. The molecule has 0 bridgehead atoms. The Bertz CT molecular complexity index is 453. The first kappa shape index (κ1) is 9.37. The second kappa shape index (κ2) is 3.62. The molecule has 0 saturated heterocycles. The van der Waals surface area contributed by atoms with Gasteiger partial charge < -0.3 is 5.32 Å². The lowest BCUT2D eigenvalue weighted by atomic mass is 10.1. The highest BCUT2D eigenvalue weighted by molar-refractivity contribution is 8.00. The van der Waals surface area contributed by atoms with E-state index in [1.165, 1.54) is 10.6 Å². The van der Waals surface area contributed by atoms with Crippen molar-refractivity contribution in [3.05, 3.63) is 47.5 Å². The molecule has 1 aromatic rings. The van der Waals surface area contributed by atoms with Crippen LogP contribution in [0.25, 0.3) is 0 Å². The van der Waals surface area contributed by atoms with Crippen molar-refractivity contribution in [3.63, 3.8) is 0 Å². The number of rotatable bonds is 0. The van der Waals surface area contributed by atoms with Crippen LogP contribution in [0.4, 0.5) is 5.69 Å². The first-order chi connectivity index (χ1) is 7.33. The largest absolute Gasteiger partial charge is 0.376 e. The molecule has 2 aliphatic rings. The summed E-state index contributed by atoms with van der Waals surface area (Å²) in [7, 11) is 0. The van der Waals surface area contributed by atoms with Crippen LogP contribution in [-0.4, -0.2) is 11.3 Å². The summed E-state index contributed by atoms with van der Waals surface area (Å²) in [5.41, 5.74) is 1.21. The summed E-state index contributed by atoms with van der Waals surface area (Å²) in [5, 5.41) is 4.78. The van der Waals surface area contributed by atoms with E-state index in [9.17, 15) is 0 Å². The standard InChI is InChI=1S/C12H10ClNS/c13-8-5-6-12-10(7-8)14-9-3-1-2-4-11(9)15-12/h1-7,10,12,14H/t10-,12+/m0/s1. The SMILES string of the molecule is ClC1=C[C@@H]2Nc3ccccc3S[C@@H]2C=C1. The lowest BCUT2D eigenvalue weighted by molar-refractivity contribution is 0.877. The van der Waals surface area contributed by atoms with Crippen LogP contribution < -0.4 is 5.32 Å². The van der Waals surface area contributed by atoms with Crippen LogP contribution in [0.1, 0.15) is 0 Å². The van der Waals surface area contributed by atoms with Gasteiger partial charge in [0.2, 0.25) is 0 Å². The molecule has 1 aromatic carbocycles. The van der Waals surface area contributed by atoms with Crippen LogP contribution in [-0.2, 0) is 0 Å². The first-order valence-electron chi connectivity index (χ1n) is 4.91. The van der Waals surface area contributed by atoms with E-state index in [-0.39, 0.29) is 0 Å². The molecule has 2 atom stereocenters. The third-order valence-electron chi connectivity index (χ3n) is 2.61. The molecular weight excluding hydrogens is 226 g/mol. The topological polar surface area (TPSA) is 12.0 Å². The van der Waals surface area contributed by atoms with Crippen molar-refractivity contribution in [3.8, 4) is 0 Å². The van der Waals surface area contributed by atoms with Crippen LogP contribution >= 0.6 is 23.4 Å². The van der Waals surface area contributed by atoms with E-state index in [4.69, 9.17) is 11.6 Å². The van der Waals surface area contributed by atoms with E-state index in [1.54, 1.807) is 0 Å². The molecule has 0 aromatic heterocycles. The molecule has 3 heteroatoms. The smallest absolute Gasteiger partial charge is 0.0619 e. The highest BCUT2D eigenvalue weighted by atomic mass is 35.5. The van der Waals surface area contributed by atoms with Gasteiger partial charge in [-0.25, -0.2) is 0 Å². The van der Waals surface area contributed by atoms with E-state index >= 15 is 0 Å². The Morgan fingerprint density at radius 3 is 3.07 bits per heavy atom. The number of hydrogen-bond donors (Lipinski definition) is 1. The average molecular weight is 236 g/mol. The van der Waals surface area contributed by atoms with Crippen molar-refractivity contribution in [1.82, 2.24) is 0 Å². The normalized spacial score (nSPS) is 27.4. The van der Waals surface area contributed by atoms with Crippen LogP contribution in [0.5, 0.6) is 0 Å². The number of fused-ring (bicyclic) bond motifs is 2. The minimum Gasteiger partial charge on any atom is -0.376 e. The van der Waals surface area contributed by atoms with Gasteiger partial charge in [-0.15, -0.1) is 11.8 Å². The number of thioether (sulfide) groups is 1. The number of hydrogen-bond acceptors (Lipinski definition) is 2. The summed E-state index contributed by atoms with van der Waals surface area (Å²) < 4.78 is 0. The molecule has 76 valence electrons. The number of benzene rings is 1. The Hall–Kier alpha value is -0.860. The highest BCUT2D eigenvalue weighted by Crippen LogP contribution is 2.40. The van der Waals surface area contributed by atoms with E-state index < -0.39 is 0 Å². The second-order valence-corrected chi connectivity index (χ2v) is 5.32. The van der Waals surface area contributed by atoms with Gasteiger partial charge in [0.1, 0.15) is 0 Å². The van der Waals surface area contributed by atoms with Crippen LogP contribution in [0, 0.1) is 0 Å². The molecule has 3 rings (SSSR count). The fraction of sp³-hybridized carbons (Fsp3) is 0.167. The zero-order chi connectivity index (χ0) is 10.3. The molecular formula is C12H10ClNS. The molecule has 0 amide bonds. The average Bonchev–Trinajstić information content (AvgIpc) is 2.26. The minimum atomic E-state index is 0.322. The van der Waals surface area contributed by atoms with Crippen molar-refractivity contribution < 1.29 is 0 Å². The molecule has 1 N–H and O–H groups in total. The molecule has 0 unspecified atom stereocenters. The van der Waals surface area contributed by atoms with E-state index in [0.29, 0.717) is 11.3 Å². The van der Waals surface area contributed by atoms with Gasteiger partial charge in [-0.1, -0.05) is 29.8 Å². The summed E-state index contributed by atoms with van der Waals surface area (Å²) in [6.07, 6.45) is 6.22. The van der Waals surface area contributed by atoms with Crippen molar-refractivity contribution in [2.75, 3.05) is 5.32 Å². The van der Waals surface area contributed by atoms with Crippen molar-refractivity contribution in [1.29, 1.82) is 0 Å². The Kier molecular flexibility index (Phi) is 2.26. The molecule has 0 radical (unpaired) electrons. The minimum absolute atomic E-state index is 0.322. The molecule has 0 fully saturated rings. The predicted octanol–water partition coefficient (Wildman–Crippen LogP) is 3.63. The third-order valence-corrected chi connectivity index (χ3v) is 4.19. The number of halogens is 1. The van der Waals surface area contributed by atoms with Crippen molar-refractivity contribution >= 4 is 29.1 Å². The fourth-order valence-electron chi connectivity index (χ4n) is 1.88. The third kappa shape index (κ3) is 1.68. The van der Waals surface area contributed by atoms with Gasteiger partial charge in [0, 0.05) is 15.6 Å². The van der Waals surface area contributed by atoms with Crippen LogP contribution in [0.15, 0.2) is 52.4 Å². The van der Waals surface area contributed by atoms with E-state index in [1.807, 2.05) is 17.8 Å². The molecule has 0 saturated carbocycles.